The summed E-state index contributed by atoms with van der Waals surface area (Å²) in [4.78, 5) is 154. The normalized spacial score (nSPS) is 34.7. The number of halogens is 1. The molecule has 10 heterocycles. The standard InChI is InChI=1S/C52H73N5O11.C45H68FN5O10/c1-13-41-52(14-2)45(57(50(62)68-52)25-19-18-24-56-29-39(54-30-56)38-23-22-32(4)53-28-38)34(6)42(58)31(3)27-51(9,63-12)46(35(7)43(59)36(8)47(60)65-41)67-49-44(40(55(10)11)26-33(5)64-49)66-48(61)37-20-16-15-17-21-37;1-13-34-45(14-2)37(51(42(56)61-45)20-16-15-19-50-24-32(48-25-50)31-18-17-27(4)47-23-31)29(6)35(52)26(3)22-43(8,57-12)39(30(7)38(54)44(9,46)41(55)59-34)60-40-36(53)33(49(10)11)21-28(5)58-40/h15-17,20-23,28-31,33-36,40-41,44-46,49H,13-14,18-19,24-27H2,1-12H3;17-18,23-26,28-30,33-34,36-37,39-40,53H,13-16,19-22H2,1-12H3/t31-,33-,34+,35+,36-,40+,41-,44-,45-,46-,49?,51+,52-;26-,28-,29+,30+,33+,34-,36-,37-,39-,40?,43+,44+,45-/m11/s1. The summed E-state index contributed by atoms with van der Waals surface area (Å²) in [6.07, 6.45) is 4.27. The number of esters is 3. The maximum Gasteiger partial charge on any atom is 0.410 e. The molecule has 31 nitrogen and oxygen atoms in total. The molecule has 6 fully saturated rings. The maximum atomic E-state index is 17.0. The van der Waals surface area contributed by atoms with Crippen LogP contribution in [0.2, 0.25) is 0 Å². The molecule has 0 aliphatic carbocycles. The van der Waals surface area contributed by atoms with Gasteiger partial charge in [0, 0.05) is 129 Å². The summed E-state index contributed by atoms with van der Waals surface area (Å²) < 4.78 is 90.5. The van der Waals surface area contributed by atoms with E-state index in [1.54, 1.807) is 108 Å². The number of cyclic esters (lactones) is 2. The number of pyridine rings is 2. The highest BCUT2D eigenvalue weighted by atomic mass is 19.1. The molecule has 129 heavy (non-hydrogen) atoms. The van der Waals surface area contributed by atoms with Crippen molar-refractivity contribution < 1.29 is 105 Å². The smallest absolute Gasteiger partial charge is 0.410 e. The van der Waals surface area contributed by atoms with Gasteiger partial charge in [0.25, 0.3) is 5.67 Å². The summed E-state index contributed by atoms with van der Waals surface area (Å²) in [6.45, 7) is 32.6. The third-order valence-corrected chi connectivity index (χ3v) is 28.1. The number of imidazole rings is 2. The first-order chi connectivity index (χ1) is 60.9. The number of aromatic nitrogens is 6. The number of amides is 2. The van der Waals surface area contributed by atoms with E-state index in [2.05, 4.69) is 19.9 Å². The topological polar surface area (TPSA) is 350 Å². The molecule has 0 bridgehead atoms. The predicted octanol–water partition coefficient (Wildman–Crippen LogP) is 13.2. The van der Waals surface area contributed by atoms with Gasteiger partial charge in [-0.05, 0) is 197 Å². The van der Waals surface area contributed by atoms with Gasteiger partial charge >= 0.3 is 30.1 Å². The molecule has 2 amide bonds. The van der Waals surface area contributed by atoms with Gasteiger partial charge in [0.05, 0.1) is 83.3 Å². The van der Waals surface area contributed by atoms with Gasteiger partial charge in [-0.1, -0.05) is 87.4 Å². The van der Waals surface area contributed by atoms with Crippen LogP contribution >= 0.6 is 0 Å². The lowest BCUT2D eigenvalue weighted by Gasteiger charge is -2.48. The molecule has 26 atom stereocenters. The van der Waals surface area contributed by atoms with Crippen molar-refractivity contribution in [3.8, 4) is 22.5 Å². The summed E-state index contributed by atoms with van der Waals surface area (Å²) in [6, 6.07) is 14.1. The van der Waals surface area contributed by atoms with Crippen molar-refractivity contribution in [3.63, 3.8) is 0 Å². The van der Waals surface area contributed by atoms with Crippen LogP contribution in [-0.4, -0.2) is 276 Å². The number of carbonyl (C=O) groups excluding carboxylic acids is 9. The lowest BCUT2D eigenvalue weighted by Crippen LogP contribution is -2.62. The highest BCUT2D eigenvalue weighted by Gasteiger charge is 2.65. The summed E-state index contributed by atoms with van der Waals surface area (Å²) in [5, 5.41) is 11.4. The fraction of sp³-hybridized carbons (Fsp3) is 0.680. The average Bonchev–Trinajstić information content (AvgIpc) is 1.57. The van der Waals surface area contributed by atoms with E-state index < -0.39 is 172 Å². The number of ether oxygens (including phenoxy) is 11. The summed E-state index contributed by atoms with van der Waals surface area (Å²) >= 11 is 0. The number of aliphatic hydroxyl groups is 1. The number of Topliss-reactive ketones (excluding diaryl/α,β-unsaturated/α-hetero) is 4. The molecule has 0 spiro atoms. The maximum absolute atomic E-state index is 17.0. The lowest BCUT2D eigenvalue weighted by atomic mass is 9.72. The molecule has 2 unspecified atom stereocenters. The van der Waals surface area contributed by atoms with Crippen LogP contribution in [0.5, 0.6) is 0 Å². The number of benzene rings is 1. The Bertz CT molecular complexity index is 4650. The first kappa shape index (κ1) is 102. The number of nitrogens with zero attached hydrogens (tertiary/aromatic N) is 10. The van der Waals surface area contributed by atoms with Crippen LogP contribution in [0.1, 0.15) is 210 Å². The molecule has 1 aromatic carbocycles. The Balaban J connectivity index is 0.000000270. The largest absolute Gasteiger partial charge is 0.457 e. The number of unbranched alkanes of at least 4 members (excludes halogenated alkanes) is 2. The highest BCUT2D eigenvalue weighted by molar-refractivity contribution is 6.08. The lowest BCUT2D eigenvalue weighted by molar-refractivity contribution is -0.295. The Morgan fingerprint density at radius 3 is 1.42 bits per heavy atom. The van der Waals surface area contributed by atoms with Gasteiger partial charge in [0.2, 0.25) is 0 Å². The predicted molar refractivity (Wildman–Crippen MR) is 477 cm³/mol. The first-order valence-corrected chi connectivity index (χ1v) is 46.1. The summed E-state index contributed by atoms with van der Waals surface area (Å²) in [7, 11) is 10.3. The summed E-state index contributed by atoms with van der Waals surface area (Å²) in [5.74, 6) is -11.5. The second-order valence-corrected chi connectivity index (χ2v) is 37.7. The van der Waals surface area contributed by atoms with Gasteiger partial charge in [-0.15, -0.1) is 0 Å². The molecular weight excluding hydrogens is 1660 g/mol. The van der Waals surface area contributed by atoms with E-state index in [0.717, 1.165) is 40.8 Å². The van der Waals surface area contributed by atoms with Crippen LogP contribution in [-0.2, 0) is 94.0 Å². The minimum absolute atomic E-state index is 0.00127. The van der Waals surface area contributed by atoms with Crippen LogP contribution in [0.4, 0.5) is 14.0 Å². The molecule has 4 aromatic heterocycles. The van der Waals surface area contributed by atoms with Crippen molar-refractivity contribution in [2.75, 3.05) is 55.5 Å². The van der Waals surface area contributed by atoms with Crippen molar-refractivity contribution in [3.05, 3.63) is 109 Å². The minimum atomic E-state index is -3.18. The number of likely N-dealkylation sites (N-methyl/N-ethyl adjacent to an activating group) is 2. The number of hydrogen-bond acceptors (Lipinski definition) is 27. The summed E-state index contributed by atoms with van der Waals surface area (Å²) in [5.41, 5.74) is -3.31. The van der Waals surface area contributed by atoms with Crippen molar-refractivity contribution in [2.24, 2.45) is 41.4 Å². The van der Waals surface area contributed by atoms with E-state index in [1.807, 2.05) is 145 Å². The van der Waals surface area contributed by atoms with Gasteiger partial charge in [-0.3, -0.25) is 33.9 Å². The second kappa shape index (κ2) is 43.2. The zero-order valence-electron chi connectivity index (χ0n) is 80.1. The first-order valence-electron chi connectivity index (χ1n) is 46.1. The monoisotopic (exact) mass is 1800 g/mol. The zero-order valence-corrected chi connectivity index (χ0v) is 80.1. The van der Waals surface area contributed by atoms with Crippen LogP contribution in [0.15, 0.2) is 92.0 Å². The molecule has 6 aliphatic heterocycles. The van der Waals surface area contributed by atoms with Crippen molar-refractivity contribution in [2.45, 2.75) is 328 Å². The van der Waals surface area contributed by atoms with Crippen molar-refractivity contribution in [1.29, 1.82) is 0 Å². The molecular formula is C97H141FN10O21. The molecule has 1 N–H and O–H groups in total. The second-order valence-electron chi connectivity index (χ2n) is 37.7. The Hall–Kier alpha value is -8.86. The van der Waals surface area contributed by atoms with Crippen molar-refractivity contribution >= 4 is 53.2 Å². The quantitative estimate of drug-likeness (QED) is 0.0232. The SMILES string of the molecule is CC[C@H]1OC(=O)[C@@](C)(F)C(=O)[C@H](C)[C@@H](OC2O[C@H](C)C[C@H](N(C)C)[C@H]2O)[C@@](C)(OC)C[C@@H](C)C(=O)[C@H](C)[C@H]2N(CCCCn3cnc(-c4ccc(C)nc4)c3)C(=O)O[C@]12CC.CC[C@H]1OC(=O)[C@H](C)C(=O)[C@H](C)[C@@H](OC2O[C@H](C)C[C@H](N(C)C)[C@H]2OC(=O)c2ccccc2)[C@@](C)(OC)C[C@@H](C)C(=O)[C@H](C)[C@H]2N(CCCCn3cnc(-c4ccc(C)nc4)c3)C(=O)O[C@]12CC. The van der Waals surface area contributed by atoms with Crippen LogP contribution in [0.25, 0.3) is 22.5 Å². The zero-order chi connectivity index (χ0) is 94.9. The highest BCUT2D eigenvalue weighted by Crippen LogP contribution is 2.49. The van der Waals surface area contributed by atoms with E-state index in [9.17, 15) is 43.5 Å². The molecule has 5 aromatic rings. The number of alkyl halides is 1. The number of aliphatic hydroxyl groups excluding tert-OH is 1. The third kappa shape index (κ3) is 22.2. The number of aryl methyl sites for hydroxylation is 4. The van der Waals surface area contributed by atoms with Gasteiger partial charge in [0.1, 0.15) is 35.8 Å². The molecule has 0 radical (unpaired) electrons. The molecule has 712 valence electrons. The van der Waals surface area contributed by atoms with Crippen molar-refractivity contribution in [1.82, 2.24) is 48.7 Å². The van der Waals surface area contributed by atoms with E-state index in [0.29, 0.717) is 57.2 Å². The number of rotatable bonds is 26. The molecule has 6 aliphatic rings. The van der Waals surface area contributed by atoms with Crippen LogP contribution in [0.3, 0.4) is 0 Å². The van der Waals surface area contributed by atoms with Gasteiger partial charge in [-0.25, -0.2) is 33.5 Å². The third-order valence-electron chi connectivity index (χ3n) is 28.1. The van der Waals surface area contributed by atoms with Crippen LogP contribution in [0, 0.1) is 55.3 Å². The molecule has 0 saturated carbocycles. The van der Waals surface area contributed by atoms with Crippen LogP contribution < -0.4 is 0 Å². The van der Waals surface area contributed by atoms with E-state index in [1.165, 1.54) is 28.1 Å². The Kier molecular flexibility index (Phi) is 34.3. The van der Waals surface area contributed by atoms with Gasteiger partial charge in [0.15, 0.2) is 41.5 Å². The van der Waals surface area contributed by atoms with Gasteiger partial charge in [-0.2, -0.15) is 0 Å². The fourth-order valence-electron chi connectivity index (χ4n) is 20.5. The van der Waals surface area contributed by atoms with E-state index in [-0.39, 0.29) is 87.5 Å². The number of methoxy groups -OCH3 is 2. The Morgan fingerprint density at radius 2 is 0.984 bits per heavy atom. The fourth-order valence-corrected chi connectivity index (χ4v) is 20.5. The van der Waals surface area contributed by atoms with E-state index in [4.69, 9.17) is 52.1 Å². The van der Waals surface area contributed by atoms with E-state index >= 15 is 9.18 Å². The number of carbonyl (C=O) groups is 9. The van der Waals surface area contributed by atoms with Gasteiger partial charge < -0.3 is 85.9 Å². The molecule has 11 rings (SSSR count). The Labute approximate surface area is 759 Å². The molecule has 32 heteroatoms. The Morgan fingerprint density at radius 1 is 0.550 bits per heavy atom. The minimum Gasteiger partial charge on any atom is -0.457 e. The number of hydrogen-bond donors (Lipinski definition) is 1. The molecule has 6 saturated heterocycles. The number of ketones is 4. The average molecular weight is 1800 g/mol. The number of fused-ring (bicyclic) bond motifs is 2.